The minimum atomic E-state index is -0.425. The van der Waals surface area contributed by atoms with E-state index in [1.165, 1.54) is 0 Å². The Labute approximate surface area is 162 Å². The Morgan fingerprint density at radius 3 is 2.00 bits per heavy atom. The van der Waals surface area contributed by atoms with E-state index in [1.54, 1.807) is 6.92 Å². The number of hydrogen-bond donors (Lipinski definition) is 3. The molecule has 2 rings (SSSR count). The first-order valence-corrected chi connectivity index (χ1v) is 8.80. The van der Waals surface area contributed by atoms with Crippen LogP contribution in [-0.4, -0.2) is 23.7 Å². The highest BCUT2D eigenvalue weighted by Crippen LogP contribution is 2.22. The lowest BCUT2D eigenvalue weighted by Gasteiger charge is -2.23. The third-order valence-electron chi connectivity index (χ3n) is 4.56. The summed E-state index contributed by atoms with van der Waals surface area (Å²) < 4.78 is 0. The van der Waals surface area contributed by atoms with Crippen LogP contribution < -0.4 is 11.1 Å². The van der Waals surface area contributed by atoms with Gasteiger partial charge in [0.2, 0.25) is 5.91 Å². The summed E-state index contributed by atoms with van der Waals surface area (Å²) in [7, 11) is 0. The maximum atomic E-state index is 12.5. The van der Waals surface area contributed by atoms with Crippen LogP contribution in [0.25, 0.3) is 0 Å². The van der Waals surface area contributed by atoms with Crippen LogP contribution in [0.3, 0.4) is 0 Å². The quantitative estimate of drug-likeness (QED) is 0.660. The zero-order valence-electron chi connectivity index (χ0n) is 15.3. The van der Waals surface area contributed by atoms with Gasteiger partial charge in [-0.2, -0.15) is 0 Å². The van der Waals surface area contributed by atoms with Crippen LogP contribution in [0, 0.1) is 5.92 Å². The summed E-state index contributed by atoms with van der Waals surface area (Å²) in [6, 6.07) is 19.3. The van der Waals surface area contributed by atoms with Crippen molar-refractivity contribution in [1.29, 1.82) is 0 Å². The molecule has 0 aliphatic carbocycles. The molecule has 4 atom stereocenters. The molecule has 0 saturated heterocycles. The number of halogens is 1. The molecule has 4 N–H and O–H groups in total. The minimum Gasteiger partial charge on any atom is -0.393 e. The van der Waals surface area contributed by atoms with Crippen molar-refractivity contribution in [1.82, 2.24) is 5.32 Å². The van der Waals surface area contributed by atoms with E-state index in [0.29, 0.717) is 13.0 Å². The number of benzene rings is 2. The molecule has 0 aromatic heterocycles. The first-order chi connectivity index (χ1) is 12.0. The molecule has 5 heteroatoms. The minimum absolute atomic E-state index is 0. The molecule has 0 saturated carbocycles. The van der Waals surface area contributed by atoms with Gasteiger partial charge < -0.3 is 16.2 Å². The van der Waals surface area contributed by atoms with Crippen molar-refractivity contribution in [3.8, 4) is 0 Å². The second-order valence-corrected chi connectivity index (χ2v) is 6.66. The maximum Gasteiger partial charge on any atom is 0.224 e. The topological polar surface area (TPSA) is 75.3 Å². The van der Waals surface area contributed by atoms with Crippen LogP contribution in [0.2, 0.25) is 0 Å². The second kappa shape index (κ2) is 11.0. The van der Waals surface area contributed by atoms with E-state index < -0.39 is 6.10 Å². The normalized spacial score (nSPS) is 15.2. The molecule has 0 radical (unpaired) electrons. The van der Waals surface area contributed by atoms with Crippen molar-refractivity contribution in [2.24, 2.45) is 11.7 Å². The van der Waals surface area contributed by atoms with Crippen LogP contribution in [0.15, 0.2) is 60.7 Å². The molecule has 2 aromatic carbocycles. The molecule has 0 aliphatic heterocycles. The molecule has 2 aromatic rings. The van der Waals surface area contributed by atoms with Crippen LogP contribution in [0.5, 0.6) is 0 Å². The molecule has 0 spiro atoms. The summed E-state index contributed by atoms with van der Waals surface area (Å²) in [5, 5.41) is 12.8. The van der Waals surface area contributed by atoms with Crippen LogP contribution >= 0.6 is 12.4 Å². The molecule has 0 bridgehead atoms. The number of amides is 1. The number of aliphatic hydroxyl groups excluding tert-OH is 1. The zero-order chi connectivity index (χ0) is 18.2. The fourth-order valence-corrected chi connectivity index (χ4v) is 2.99. The molecule has 26 heavy (non-hydrogen) atoms. The Morgan fingerprint density at radius 1 is 1.00 bits per heavy atom. The largest absolute Gasteiger partial charge is 0.393 e. The summed E-state index contributed by atoms with van der Waals surface area (Å²) in [5.41, 5.74) is 8.30. The lowest BCUT2D eigenvalue weighted by Crippen LogP contribution is -2.38. The van der Waals surface area contributed by atoms with E-state index in [4.69, 9.17) is 5.73 Å². The summed E-state index contributed by atoms with van der Waals surface area (Å²) in [4.78, 5) is 12.5. The van der Waals surface area contributed by atoms with E-state index in [2.05, 4.69) is 5.32 Å². The molecule has 0 heterocycles. The Morgan fingerprint density at radius 2 is 1.50 bits per heavy atom. The third kappa shape index (κ3) is 6.45. The van der Waals surface area contributed by atoms with E-state index in [1.807, 2.05) is 67.6 Å². The second-order valence-electron chi connectivity index (χ2n) is 6.66. The average Bonchev–Trinajstić information content (AvgIpc) is 2.64. The number of nitrogens with one attached hydrogen (secondary N) is 1. The fraction of sp³-hybridized carbons (Fsp3) is 0.381. The van der Waals surface area contributed by atoms with Gasteiger partial charge in [0.15, 0.2) is 0 Å². The molecule has 1 amide bonds. The number of aliphatic hydroxyl groups is 1. The van der Waals surface area contributed by atoms with Crippen LogP contribution in [0.1, 0.15) is 43.4 Å². The number of nitrogens with two attached hydrogens (primary N) is 1. The Hall–Kier alpha value is -1.88. The number of carbonyl (C=O) groups excluding carboxylic acids is 1. The third-order valence-corrected chi connectivity index (χ3v) is 4.56. The summed E-state index contributed by atoms with van der Waals surface area (Å²) in [6.07, 6.45) is 0.176. The van der Waals surface area contributed by atoms with Crippen molar-refractivity contribution in [2.45, 2.75) is 38.3 Å². The van der Waals surface area contributed by atoms with Gasteiger partial charge in [0.05, 0.1) is 12.0 Å². The Balaban J connectivity index is 0.00000338. The first kappa shape index (κ1) is 22.2. The van der Waals surface area contributed by atoms with E-state index in [9.17, 15) is 9.90 Å². The molecule has 0 fully saturated rings. The van der Waals surface area contributed by atoms with Gasteiger partial charge in [0.25, 0.3) is 0 Å². The predicted octanol–water partition coefficient (Wildman–Crippen LogP) is 3.42. The van der Waals surface area contributed by atoms with Gasteiger partial charge in [0, 0.05) is 18.5 Å². The standard InChI is InChI=1S/C21H28N2O2.ClH/c1-15(24)13-19(17-9-5-3-6-10-17)14-23-21(25)16(2)20(22)18-11-7-4-8-12-18;/h3-12,15-16,19-20,24H,13-14,22H2,1-2H3,(H,23,25);1H. The van der Waals surface area contributed by atoms with E-state index >= 15 is 0 Å². The maximum absolute atomic E-state index is 12.5. The SMILES string of the molecule is CC(O)CC(CNC(=O)C(C)C(N)c1ccccc1)c1ccccc1.Cl. The summed E-state index contributed by atoms with van der Waals surface area (Å²) in [5.74, 6) is -0.321. The van der Waals surface area contributed by atoms with Gasteiger partial charge in [-0.25, -0.2) is 0 Å². The van der Waals surface area contributed by atoms with Crippen molar-refractivity contribution < 1.29 is 9.90 Å². The molecule has 142 valence electrons. The Kier molecular flexibility index (Phi) is 9.35. The molecule has 4 nitrogen and oxygen atoms in total. The molecular formula is C21H29ClN2O2. The lowest BCUT2D eigenvalue weighted by atomic mass is 9.92. The number of carbonyl (C=O) groups is 1. The molecular weight excluding hydrogens is 348 g/mol. The van der Waals surface area contributed by atoms with E-state index in [0.717, 1.165) is 11.1 Å². The average molecular weight is 377 g/mol. The van der Waals surface area contributed by atoms with Gasteiger partial charge in [-0.15, -0.1) is 12.4 Å². The van der Waals surface area contributed by atoms with Crippen LogP contribution in [0.4, 0.5) is 0 Å². The lowest BCUT2D eigenvalue weighted by molar-refractivity contribution is -0.125. The number of hydrogen-bond acceptors (Lipinski definition) is 3. The highest BCUT2D eigenvalue weighted by molar-refractivity contribution is 5.85. The van der Waals surface area contributed by atoms with E-state index in [-0.39, 0.29) is 36.2 Å². The molecule has 0 aliphatic rings. The monoisotopic (exact) mass is 376 g/mol. The first-order valence-electron chi connectivity index (χ1n) is 8.80. The van der Waals surface area contributed by atoms with Crippen molar-refractivity contribution >= 4 is 18.3 Å². The number of rotatable bonds is 8. The highest BCUT2D eigenvalue weighted by atomic mass is 35.5. The van der Waals surface area contributed by atoms with Gasteiger partial charge in [-0.05, 0) is 24.5 Å². The van der Waals surface area contributed by atoms with Gasteiger partial charge in [-0.1, -0.05) is 67.6 Å². The van der Waals surface area contributed by atoms with Crippen molar-refractivity contribution in [2.75, 3.05) is 6.54 Å². The predicted molar refractivity (Wildman–Crippen MR) is 108 cm³/mol. The van der Waals surface area contributed by atoms with Gasteiger partial charge >= 0.3 is 0 Å². The Bertz CT molecular complexity index is 650. The highest BCUT2D eigenvalue weighted by Gasteiger charge is 2.23. The van der Waals surface area contributed by atoms with Gasteiger partial charge in [0.1, 0.15) is 0 Å². The summed E-state index contributed by atoms with van der Waals surface area (Å²) >= 11 is 0. The fourth-order valence-electron chi connectivity index (χ4n) is 2.99. The summed E-state index contributed by atoms with van der Waals surface area (Å²) in [6.45, 7) is 4.10. The van der Waals surface area contributed by atoms with Gasteiger partial charge in [-0.3, -0.25) is 4.79 Å². The van der Waals surface area contributed by atoms with Crippen molar-refractivity contribution in [3.63, 3.8) is 0 Å². The molecule has 4 unspecified atom stereocenters. The van der Waals surface area contributed by atoms with Crippen molar-refractivity contribution in [3.05, 3.63) is 71.8 Å². The smallest absolute Gasteiger partial charge is 0.224 e. The van der Waals surface area contributed by atoms with Crippen LogP contribution in [-0.2, 0) is 4.79 Å². The zero-order valence-corrected chi connectivity index (χ0v) is 16.2.